The van der Waals surface area contributed by atoms with E-state index in [1.54, 1.807) is 6.20 Å². The molecule has 2 amide bonds. The van der Waals surface area contributed by atoms with Crippen molar-refractivity contribution in [2.24, 2.45) is 5.92 Å². The van der Waals surface area contributed by atoms with Crippen LogP contribution in [0.3, 0.4) is 0 Å². The normalized spacial score (nSPS) is 21.8. The second-order valence-corrected chi connectivity index (χ2v) is 8.12. The number of hydrogen-bond acceptors (Lipinski definition) is 3. The van der Waals surface area contributed by atoms with Crippen molar-refractivity contribution in [1.82, 2.24) is 14.8 Å². The summed E-state index contributed by atoms with van der Waals surface area (Å²) in [4.78, 5) is 33.2. The van der Waals surface area contributed by atoms with Crippen molar-refractivity contribution in [1.29, 1.82) is 0 Å². The number of halogens is 1. The number of carbonyl (C=O) groups is 2. The Morgan fingerprint density at radius 3 is 2.37 bits per heavy atom. The minimum Gasteiger partial charge on any atom is -0.339 e. The summed E-state index contributed by atoms with van der Waals surface area (Å²) in [6.07, 6.45) is 2.96. The van der Waals surface area contributed by atoms with Gasteiger partial charge in [-0.2, -0.15) is 0 Å². The molecule has 0 spiro atoms. The van der Waals surface area contributed by atoms with E-state index in [1.807, 2.05) is 40.1 Å². The van der Waals surface area contributed by atoms with Crippen LogP contribution in [0.5, 0.6) is 0 Å². The molecule has 1 aliphatic carbocycles. The molecule has 2 heterocycles. The molecule has 4 rings (SSSR count). The lowest BCUT2D eigenvalue weighted by Gasteiger charge is -2.35. The Hall–Kier alpha value is -2.21. The van der Waals surface area contributed by atoms with Gasteiger partial charge in [0.05, 0.1) is 6.42 Å². The van der Waals surface area contributed by atoms with Crippen molar-refractivity contribution in [3.63, 3.8) is 0 Å². The van der Waals surface area contributed by atoms with Gasteiger partial charge in [-0.1, -0.05) is 34.1 Å². The fourth-order valence-corrected chi connectivity index (χ4v) is 3.99. The van der Waals surface area contributed by atoms with E-state index in [1.165, 1.54) is 5.56 Å². The van der Waals surface area contributed by atoms with Crippen LogP contribution in [0.1, 0.15) is 23.6 Å². The number of carbonyl (C=O) groups excluding carboxylic acids is 2. The van der Waals surface area contributed by atoms with Gasteiger partial charge in [0.15, 0.2) is 0 Å². The average molecular weight is 428 g/mol. The van der Waals surface area contributed by atoms with Gasteiger partial charge in [-0.25, -0.2) is 0 Å². The molecule has 1 saturated carbocycles. The molecule has 0 bridgehead atoms. The third kappa shape index (κ3) is 4.21. The van der Waals surface area contributed by atoms with Crippen LogP contribution in [0.4, 0.5) is 0 Å². The first-order chi connectivity index (χ1) is 13.1. The Balaban J connectivity index is 1.27. The van der Waals surface area contributed by atoms with E-state index in [4.69, 9.17) is 0 Å². The maximum absolute atomic E-state index is 12.8. The zero-order chi connectivity index (χ0) is 18.8. The molecule has 2 unspecified atom stereocenters. The number of rotatable bonds is 4. The molecule has 2 aromatic rings. The topological polar surface area (TPSA) is 53.5 Å². The summed E-state index contributed by atoms with van der Waals surface area (Å²) in [6, 6.07) is 13.9. The molecule has 0 radical (unpaired) electrons. The summed E-state index contributed by atoms with van der Waals surface area (Å²) in [5.74, 6) is 0.760. The van der Waals surface area contributed by atoms with E-state index in [9.17, 15) is 9.59 Å². The smallest absolute Gasteiger partial charge is 0.228 e. The van der Waals surface area contributed by atoms with Crippen LogP contribution in [-0.4, -0.2) is 52.8 Å². The number of amides is 2. The standard InChI is InChI=1S/C21H22BrN3O2/c22-16-6-4-15(5-7-16)18-14-19(18)21(27)25-11-9-24(10-12-25)20(26)13-17-3-1-2-8-23-17/h1-8,18-19H,9-14H2. The Morgan fingerprint density at radius 1 is 1.00 bits per heavy atom. The molecule has 27 heavy (non-hydrogen) atoms. The number of hydrogen-bond donors (Lipinski definition) is 0. The van der Waals surface area contributed by atoms with E-state index >= 15 is 0 Å². The van der Waals surface area contributed by atoms with E-state index in [0.29, 0.717) is 38.5 Å². The Morgan fingerprint density at radius 2 is 1.70 bits per heavy atom. The molecule has 5 nitrogen and oxygen atoms in total. The van der Waals surface area contributed by atoms with Crippen LogP contribution in [0.25, 0.3) is 0 Å². The van der Waals surface area contributed by atoms with Crippen LogP contribution in [0.2, 0.25) is 0 Å². The first-order valence-electron chi connectivity index (χ1n) is 9.34. The third-order valence-corrected chi connectivity index (χ3v) is 5.94. The van der Waals surface area contributed by atoms with Crippen LogP contribution in [0.15, 0.2) is 53.1 Å². The van der Waals surface area contributed by atoms with Gasteiger partial charge in [0.1, 0.15) is 0 Å². The number of benzene rings is 1. The molecule has 6 heteroatoms. The monoisotopic (exact) mass is 427 g/mol. The summed E-state index contributed by atoms with van der Waals surface area (Å²) in [5, 5.41) is 0. The molecular weight excluding hydrogens is 406 g/mol. The van der Waals surface area contributed by atoms with E-state index in [0.717, 1.165) is 16.6 Å². The summed E-state index contributed by atoms with van der Waals surface area (Å²) in [5.41, 5.74) is 2.03. The van der Waals surface area contributed by atoms with Crippen LogP contribution in [0, 0.1) is 5.92 Å². The molecule has 1 saturated heterocycles. The molecule has 140 valence electrons. The molecule has 2 aliphatic rings. The lowest BCUT2D eigenvalue weighted by molar-refractivity contribution is -0.140. The van der Waals surface area contributed by atoms with E-state index in [-0.39, 0.29) is 17.7 Å². The fourth-order valence-electron chi connectivity index (χ4n) is 3.73. The predicted molar refractivity (Wildman–Crippen MR) is 106 cm³/mol. The quantitative estimate of drug-likeness (QED) is 0.753. The Labute approximate surface area is 167 Å². The van der Waals surface area contributed by atoms with Crippen molar-refractivity contribution in [3.05, 3.63) is 64.4 Å². The van der Waals surface area contributed by atoms with Gasteiger partial charge in [0, 0.05) is 48.5 Å². The second-order valence-electron chi connectivity index (χ2n) is 7.20. The van der Waals surface area contributed by atoms with Crippen LogP contribution in [-0.2, 0) is 16.0 Å². The van der Waals surface area contributed by atoms with Crippen molar-refractivity contribution < 1.29 is 9.59 Å². The number of aromatic nitrogens is 1. The van der Waals surface area contributed by atoms with Crippen LogP contribution < -0.4 is 0 Å². The highest BCUT2D eigenvalue weighted by atomic mass is 79.9. The van der Waals surface area contributed by atoms with Gasteiger partial charge in [-0.15, -0.1) is 0 Å². The zero-order valence-electron chi connectivity index (χ0n) is 15.1. The Bertz CT molecular complexity index is 817. The van der Waals surface area contributed by atoms with Gasteiger partial charge in [0.25, 0.3) is 0 Å². The largest absolute Gasteiger partial charge is 0.339 e. The van der Waals surface area contributed by atoms with Gasteiger partial charge in [-0.3, -0.25) is 14.6 Å². The van der Waals surface area contributed by atoms with Crippen LogP contribution >= 0.6 is 15.9 Å². The minimum atomic E-state index is 0.0833. The Kier molecular flexibility index (Phi) is 5.25. The van der Waals surface area contributed by atoms with Crippen molar-refractivity contribution >= 4 is 27.7 Å². The molecular formula is C21H22BrN3O2. The number of pyridine rings is 1. The molecule has 2 fully saturated rings. The lowest BCUT2D eigenvalue weighted by atomic mass is 10.1. The van der Waals surface area contributed by atoms with Gasteiger partial charge >= 0.3 is 0 Å². The first kappa shape index (κ1) is 18.2. The minimum absolute atomic E-state index is 0.0833. The second kappa shape index (κ2) is 7.80. The van der Waals surface area contributed by atoms with Crippen molar-refractivity contribution in [3.8, 4) is 0 Å². The molecule has 0 N–H and O–H groups in total. The van der Waals surface area contributed by atoms with Gasteiger partial charge in [0.2, 0.25) is 11.8 Å². The van der Waals surface area contributed by atoms with Gasteiger partial charge in [-0.05, 0) is 42.2 Å². The molecule has 1 aromatic carbocycles. The number of piperazine rings is 1. The van der Waals surface area contributed by atoms with Crippen molar-refractivity contribution in [2.45, 2.75) is 18.8 Å². The highest BCUT2D eigenvalue weighted by Crippen LogP contribution is 2.48. The maximum atomic E-state index is 12.8. The maximum Gasteiger partial charge on any atom is 0.228 e. The number of nitrogens with zero attached hydrogens (tertiary/aromatic N) is 3. The first-order valence-corrected chi connectivity index (χ1v) is 10.1. The summed E-state index contributed by atoms with van der Waals surface area (Å²) in [6.45, 7) is 2.45. The summed E-state index contributed by atoms with van der Waals surface area (Å²) in [7, 11) is 0. The average Bonchev–Trinajstić information content (AvgIpc) is 3.50. The molecule has 1 aromatic heterocycles. The highest BCUT2D eigenvalue weighted by molar-refractivity contribution is 9.10. The van der Waals surface area contributed by atoms with Crippen molar-refractivity contribution in [2.75, 3.05) is 26.2 Å². The molecule has 1 aliphatic heterocycles. The van der Waals surface area contributed by atoms with E-state index in [2.05, 4.69) is 33.0 Å². The summed E-state index contributed by atoms with van der Waals surface area (Å²) < 4.78 is 1.06. The summed E-state index contributed by atoms with van der Waals surface area (Å²) >= 11 is 3.45. The zero-order valence-corrected chi connectivity index (χ0v) is 16.6. The van der Waals surface area contributed by atoms with E-state index < -0.39 is 0 Å². The molecule has 2 atom stereocenters. The fraction of sp³-hybridized carbons (Fsp3) is 0.381. The third-order valence-electron chi connectivity index (χ3n) is 5.41. The van der Waals surface area contributed by atoms with Gasteiger partial charge < -0.3 is 9.80 Å². The highest BCUT2D eigenvalue weighted by Gasteiger charge is 2.46. The predicted octanol–water partition coefficient (Wildman–Crippen LogP) is 2.86. The SMILES string of the molecule is O=C(Cc1ccccn1)N1CCN(C(=O)C2CC2c2ccc(Br)cc2)CC1. The lowest BCUT2D eigenvalue weighted by Crippen LogP contribution is -2.51.